The molecule has 0 spiro atoms. The molecule has 0 N–H and O–H groups in total. The Hall–Kier alpha value is -0.800. The molecule has 3 nitrogen and oxygen atoms in total. The predicted molar refractivity (Wildman–Crippen MR) is 75.7 cm³/mol. The van der Waals surface area contributed by atoms with Crippen molar-refractivity contribution in [1.29, 1.82) is 0 Å². The number of hydrogen-bond acceptors (Lipinski definition) is 3. The molecule has 1 heterocycles. The maximum Gasteiger partial charge on any atom is 0.340 e. The molecular weight excluding hydrogens is 285 g/mol. The summed E-state index contributed by atoms with van der Waals surface area (Å²) in [6.45, 7) is 2.17. The van der Waals surface area contributed by atoms with Gasteiger partial charge in [0.1, 0.15) is 11.3 Å². The molecule has 0 aliphatic heterocycles. The maximum atomic E-state index is 12.1. The molecule has 2 rings (SSSR count). The summed E-state index contributed by atoms with van der Waals surface area (Å²) in [7, 11) is 0. The number of pyridine rings is 1. The largest absolute Gasteiger partial charge is 0.459 e. The maximum absolute atomic E-state index is 12.1. The summed E-state index contributed by atoms with van der Waals surface area (Å²) >= 11 is 11.7. The van der Waals surface area contributed by atoms with E-state index in [-0.39, 0.29) is 16.3 Å². The minimum Gasteiger partial charge on any atom is -0.459 e. The van der Waals surface area contributed by atoms with Gasteiger partial charge in [-0.2, -0.15) is 0 Å². The van der Waals surface area contributed by atoms with Gasteiger partial charge in [0.15, 0.2) is 0 Å². The number of ether oxygens (including phenoxy) is 1. The lowest BCUT2D eigenvalue weighted by atomic mass is 9.85. The van der Waals surface area contributed by atoms with Crippen LogP contribution in [0, 0.1) is 5.92 Å². The second-order valence-corrected chi connectivity index (χ2v) is 5.75. The van der Waals surface area contributed by atoms with E-state index in [1.165, 1.54) is 18.7 Å². The van der Waals surface area contributed by atoms with E-state index in [0.29, 0.717) is 11.5 Å². The summed E-state index contributed by atoms with van der Waals surface area (Å²) < 4.78 is 5.54. The van der Waals surface area contributed by atoms with Gasteiger partial charge in [-0.05, 0) is 31.2 Å². The number of hydrogen-bond donors (Lipinski definition) is 0. The Morgan fingerprint density at radius 1 is 1.47 bits per heavy atom. The first kappa shape index (κ1) is 14.6. The monoisotopic (exact) mass is 301 g/mol. The van der Waals surface area contributed by atoms with Crippen LogP contribution < -0.4 is 0 Å². The molecule has 0 saturated heterocycles. The first-order chi connectivity index (χ1) is 9.10. The zero-order valence-electron chi connectivity index (χ0n) is 10.9. The summed E-state index contributed by atoms with van der Waals surface area (Å²) in [6, 6.07) is 1.45. The fourth-order valence-corrected chi connectivity index (χ4v) is 2.84. The number of nitrogens with zero attached hydrogens (tertiary/aromatic N) is 1. The first-order valence-corrected chi connectivity index (χ1v) is 7.37. The quantitative estimate of drug-likeness (QED) is 0.609. The van der Waals surface area contributed by atoms with E-state index in [1.807, 2.05) is 0 Å². The Morgan fingerprint density at radius 3 is 3.00 bits per heavy atom. The predicted octanol–water partition coefficient (Wildman–Crippen LogP) is 4.51. The lowest BCUT2D eigenvalue weighted by molar-refractivity contribution is 0.0140. The van der Waals surface area contributed by atoms with E-state index in [2.05, 4.69) is 11.9 Å². The molecule has 1 aromatic heterocycles. The summed E-state index contributed by atoms with van der Waals surface area (Å²) in [6.07, 6.45) is 6.71. The number of halogens is 2. The summed E-state index contributed by atoms with van der Waals surface area (Å²) in [4.78, 5) is 15.9. The van der Waals surface area contributed by atoms with Crippen LogP contribution in [-0.4, -0.2) is 17.1 Å². The van der Waals surface area contributed by atoms with Gasteiger partial charge in [-0.1, -0.05) is 43.0 Å². The third kappa shape index (κ3) is 3.83. The number of carbonyl (C=O) groups excluding carboxylic acids is 1. The topological polar surface area (TPSA) is 39.2 Å². The van der Waals surface area contributed by atoms with Crippen molar-refractivity contribution in [1.82, 2.24) is 4.98 Å². The molecule has 1 fully saturated rings. The highest BCUT2D eigenvalue weighted by Crippen LogP contribution is 2.29. The minimum absolute atomic E-state index is 0.00536. The van der Waals surface area contributed by atoms with Crippen LogP contribution in [0.3, 0.4) is 0 Å². The van der Waals surface area contributed by atoms with Crippen molar-refractivity contribution in [2.45, 2.75) is 45.1 Å². The molecule has 19 heavy (non-hydrogen) atoms. The van der Waals surface area contributed by atoms with Crippen LogP contribution in [0.2, 0.25) is 10.2 Å². The Labute approximate surface area is 123 Å². The molecule has 5 heteroatoms. The van der Waals surface area contributed by atoms with E-state index in [1.54, 1.807) is 0 Å². The SMILES string of the molecule is CCC1CCCC(OC(=O)c2cc(Cl)ncc2Cl)C1. The van der Waals surface area contributed by atoms with Crippen LogP contribution in [-0.2, 0) is 4.74 Å². The van der Waals surface area contributed by atoms with Crippen molar-refractivity contribution >= 4 is 29.2 Å². The van der Waals surface area contributed by atoms with Crippen LogP contribution in [0.4, 0.5) is 0 Å². The minimum atomic E-state index is -0.406. The summed E-state index contributed by atoms with van der Waals surface area (Å²) in [5.74, 6) is 0.249. The standard InChI is InChI=1S/C14H17Cl2NO2/c1-2-9-4-3-5-10(6-9)19-14(18)11-7-13(16)17-8-12(11)15/h7-10H,2-6H2,1H3. The average Bonchev–Trinajstić information content (AvgIpc) is 2.41. The third-order valence-electron chi connectivity index (χ3n) is 3.63. The van der Waals surface area contributed by atoms with Gasteiger partial charge in [-0.25, -0.2) is 9.78 Å². The van der Waals surface area contributed by atoms with Gasteiger partial charge in [0.25, 0.3) is 0 Å². The van der Waals surface area contributed by atoms with Crippen molar-refractivity contribution in [3.05, 3.63) is 28.0 Å². The zero-order valence-corrected chi connectivity index (χ0v) is 12.4. The molecular formula is C14H17Cl2NO2. The van der Waals surface area contributed by atoms with E-state index in [9.17, 15) is 4.79 Å². The second-order valence-electron chi connectivity index (χ2n) is 4.96. The Balaban J connectivity index is 2.02. The molecule has 0 amide bonds. The van der Waals surface area contributed by atoms with Gasteiger partial charge < -0.3 is 4.74 Å². The molecule has 104 valence electrons. The van der Waals surface area contributed by atoms with Crippen molar-refractivity contribution in [3.63, 3.8) is 0 Å². The molecule has 1 aromatic rings. The number of esters is 1. The van der Waals surface area contributed by atoms with Gasteiger partial charge in [-0.3, -0.25) is 0 Å². The summed E-state index contributed by atoms with van der Waals surface area (Å²) in [5, 5.41) is 0.517. The Morgan fingerprint density at radius 2 is 2.26 bits per heavy atom. The van der Waals surface area contributed by atoms with Crippen molar-refractivity contribution in [3.8, 4) is 0 Å². The smallest absolute Gasteiger partial charge is 0.340 e. The fourth-order valence-electron chi connectivity index (χ4n) is 2.50. The van der Waals surface area contributed by atoms with E-state index in [4.69, 9.17) is 27.9 Å². The van der Waals surface area contributed by atoms with Crippen LogP contribution in [0.1, 0.15) is 49.4 Å². The van der Waals surface area contributed by atoms with E-state index < -0.39 is 5.97 Å². The number of carbonyl (C=O) groups is 1. The van der Waals surface area contributed by atoms with Crippen LogP contribution in [0.25, 0.3) is 0 Å². The Bertz CT molecular complexity index is 465. The van der Waals surface area contributed by atoms with Gasteiger partial charge in [-0.15, -0.1) is 0 Å². The zero-order chi connectivity index (χ0) is 13.8. The second kappa shape index (κ2) is 6.58. The van der Waals surface area contributed by atoms with Crippen molar-refractivity contribution in [2.24, 2.45) is 5.92 Å². The summed E-state index contributed by atoms with van der Waals surface area (Å²) in [5.41, 5.74) is 0.292. The molecule has 2 unspecified atom stereocenters. The van der Waals surface area contributed by atoms with Crippen LogP contribution in [0.15, 0.2) is 12.3 Å². The molecule has 0 aromatic carbocycles. The molecule has 2 atom stereocenters. The lowest BCUT2D eigenvalue weighted by Crippen LogP contribution is -2.25. The number of rotatable bonds is 3. The van der Waals surface area contributed by atoms with Crippen LogP contribution >= 0.6 is 23.2 Å². The van der Waals surface area contributed by atoms with Gasteiger partial charge in [0.2, 0.25) is 0 Å². The van der Waals surface area contributed by atoms with Crippen molar-refractivity contribution in [2.75, 3.05) is 0 Å². The Kier molecular flexibility index (Phi) is 5.06. The van der Waals surface area contributed by atoms with Gasteiger partial charge >= 0.3 is 5.97 Å². The fraction of sp³-hybridized carbons (Fsp3) is 0.571. The third-order valence-corrected chi connectivity index (χ3v) is 4.14. The highest BCUT2D eigenvalue weighted by molar-refractivity contribution is 6.34. The average molecular weight is 302 g/mol. The normalized spacial score (nSPS) is 23.1. The van der Waals surface area contributed by atoms with Crippen molar-refractivity contribution < 1.29 is 9.53 Å². The molecule has 1 aliphatic rings. The highest BCUT2D eigenvalue weighted by atomic mass is 35.5. The van der Waals surface area contributed by atoms with E-state index >= 15 is 0 Å². The lowest BCUT2D eigenvalue weighted by Gasteiger charge is -2.28. The first-order valence-electron chi connectivity index (χ1n) is 6.62. The highest BCUT2D eigenvalue weighted by Gasteiger charge is 2.25. The number of aromatic nitrogens is 1. The van der Waals surface area contributed by atoms with Gasteiger partial charge in [0.05, 0.1) is 10.6 Å². The molecule has 1 aliphatic carbocycles. The van der Waals surface area contributed by atoms with Crippen LogP contribution in [0.5, 0.6) is 0 Å². The molecule has 0 radical (unpaired) electrons. The molecule has 1 saturated carbocycles. The van der Waals surface area contributed by atoms with Gasteiger partial charge in [0, 0.05) is 6.20 Å². The van der Waals surface area contributed by atoms with E-state index in [0.717, 1.165) is 25.7 Å². The molecule has 0 bridgehead atoms.